The molecule has 1 N–H and O–H groups in total. The number of rotatable bonds is 7. The SMILES string of the molecule is CC(C)COCc1cc(Nc2ccccn2)c2ccc(-c3ncccc3C(F)(F)F)nc2n1. The quantitative estimate of drug-likeness (QED) is 0.369. The molecule has 0 spiro atoms. The molecule has 170 valence electrons. The molecule has 0 aliphatic carbocycles. The smallest absolute Gasteiger partial charge is 0.375 e. The van der Waals surface area contributed by atoms with Gasteiger partial charge in [0, 0.05) is 24.4 Å². The maximum Gasteiger partial charge on any atom is 0.418 e. The van der Waals surface area contributed by atoms with Gasteiger partial charge in [-0.05, 0) is 48.4 Å². The Balaban J connectivity index is 1.79. The fraction of sp³-hybridized carbons (Fsp3) is 0.250. The Labute approximate surface area is 188 Å². The number of fused-ring (bicyclic) bond motifs is 1. The van der Waals surface area contributed by atoms with E-state index in [4.69, 9.17) is 4.74 Å². The van der Waals surface area contributed by atoms with Crippen LogP contribution < -0.4 is 5.32 Å². The van der Waals surface area contributed by atoms with Crippen molar-refractivity contribution < 1.29 is 17.9 Å². The van der Waals surface area contributed by atoms with E-state index in [9.17, 15) is 13.2 Å². The number of aromatic nitrogens is 4. The minimum Gasteiger partial charge on any atom is -0.375 e. The first-order valence-electron chi connectivity index (χ1n) is 10.4. The average Bonchev–Trinajstić information content (AvgIpc) is 2.78. The molecule has 0 unspecified atom stereocenters. The van der Waals surface area contributed by atoms with Crippen LogP contribution in [0.4, 0.5) is 24.7 Å². The third-order valence-electron chi connectivity index (χ3n) is 4.71. The molecule has 0 saturated carbocycles. The predicted molar refractivity (Wildman–Crippen MR) is 120 cm³/mol. The van der Waals surface area contributed by atoms with Crippen LogP contribution in [0.3, 0.4) is 0 Å². The zero-order chi connectivity index (χ0) is 23.4. The molecule has 0 aliphatic heterocycles. The summed E-state index contributed by atoms with van der Waals surface area (Å²) < 4.78 is 46.2. The first-order valence-corrected chi connectivity index (χ1v) is 10.4. The molecule has 0 saturated heterocycles. The van der Waals surface area contributed by atoms with Crippen LogP contribution in [0.5, 0.6) is 0 Å². The number of hydrogen-bond acceptors (Lipinski definition) is 6. The van der Waals surface area contributed by atoms with E-state index in [1.807, 2.05) is 32.0 Å². The minimum atomic E-state index is -4.55. The number of nitrogens with zero attached hydrogens (tertiary/aromatic N) is 4. The highest BCUT2D eigenvalue weighted by molar-refractivity contribution is 5.92. The normalized spacial score (nSPS) is 11.8. The lowest BCUT2D eigenvalue weighted by Crippen LogP contribution is -2.09. The van der Waals surface area contributed by atoms with Crippen molar-refractivity contribution in [2.24, 2.45) is 5.92 Å². The summed E-state index contributed by atoms with van der Waals surface area (Å²) in [5.41, 5.74) is 0.568. The molecule has 6 nitrogen and oxygen atoms in total. The van der Waals surface area contributed by atoms with Crippen molar-refractivity contribution in [3.8, 4) is 11.4 Å². The Morgan fingerprint density at radius 3 is 2.52 bits per heavy atom. The molecule has 0 aromatic carbocycles. The van der Waals surface area contributed by atoms with Crippen LogP contribution in [0.1, 0.15) is 25.1 Å². The van der Waals surface area contributed by atoms with Gasteiger partial charge in [0.15, 0.2) is 5.65 Å². The van der Waals surface area contributed by atoms with Gasteiger partial charge >= 0.3 is 6.18 Å². The van der Waals surface area contributed by atoms with E-state index in [0.717, 1.165) is 6.07 Å². The second kappa shape index (κ2) is 9.50. The summed E-state index contributed by atoms with van der Waals surface area (Å²) in [4.78, 5) is 17.2. The van der Waals surface area contributed by atoms with E-state index < -0.39 is 11.7 Å². The van der Waals surface area contributed by atoms with Gasteiger partial charge in [-0.1, -0.05) is 19.9 Å². The van der Waals surface area contributed by atoms with Crippen LogP contribution in [0.2, 0.25) is 0 Å². The van der Waals surface area contributed by atoms with E-state index in [0.29, 0.717) is 35.1 Å². The monoisotopic (exact) mass is 453 g/mol. The zero-order valence-electron chi connectivity index (χ0n) is 18.1. The molecule has 33 heavy (non-hydrogen) atoms. The fourth-order valence-electron chi connectivity index (χ4n) is 3.28. The summed E-state index contributed by atoms with van der Waals surface area (Å²) >= 11 is 0. The van der Waals surface area contributed by atoms with E-state index in [-0.39, 0.29) is 23.6 Å². The highest BCUT2D eigenvalue weighted by Crippen LogP contribution is 2.36. The molecule has 0 atom stereocenters. The van der Waals surface area contributed by atoms with Gasteiger partial charge in [0.05, 0.1) is 29.2 Å². The highest BCUT2D eigenvalue weighted by atomic mass is 19.4. The molecule has 4 heterocycles. The van der Waals surface area contributed by atoms with Crippen LogP contribution in [-0.4, -0.2) is 26.5 Å². The topological polar surface area (TPSA) is 72.8 Å². The Morgan fingerprint density at radius 2 is 1.79 bits per heavy atom. The van der Waals surface area contributed by atoms with Crippen LogP contribution in [0.25, 0.3) is 22.4 Å². The number of pyridine rings is 4. The van der Waals surface area contributed by atoms with Crippen LogP contribution >= 0.6 is 0 Å². The number of anilines is 2. The van der Waals surface area contributed by atoms with Gasteiger partial charge < -0.3 is 10.1 Å². The summed E-state index contributed by atoms with van der Waals surface area (Å²) in [6.45, 7) is 4.88. The average molecular weight is 453 g/mol. The van der Waals surface area contributed by atoms with E-state index in [1.165, 1.54) is 18.3 Å². The highest BCUT2D eigenvalue weighted by Gasteiger charge is 2.34. The van der Waals surface area contributed by atoms with Gasteiger partial charge in [-0.3, -0.25) is 4.98 Å². The lowest BCUT2D eigenvalue weighted by Gasteiger charge is -2.14. The van der Waals surface area contributed by atoms with Crippen molar-refractivity contribution in [1.82, 2.24) is 19.9 Å². The largest absolute Gasteiger partial charge is 0.418 e. The number of alkyl halides is 3. The Kier molecular flexibility index (Phi) is 6.50. The molecule has 0 amide bonds. The molecule has 9 heteroatoms. The van der Waals surface area contributed by atoms with E-state index >= 15 is 0 Å². The van der Waals surface area contributed by atoms with Crippen molar-refractivity contribution in [2.75, 3.05) is 11.9 Å². The first-order chi connectivity index (χ1) is 15.8. The van der Waals surface area contributed by atoms with Crippen LogP contribution in [-0.2, 0) is 17.5 Å². The van der Waals surface area contributed by atoms with Crippen molar-refractivity contribution in [1.29, 1.82) is 0 Å². The molecular formula is C24H22F3N5O. The standard InChI is InChI=1S/C24H22F3N5O/c1-15(2)13-33-14-16-12-20(31-21-7-3-4-10-28-21)17-8-9-19(32-23(17)30-16)22-18(24(25,26)27)6-5-11-29-22/h3-12,15H,13-14H2,1-2H3,(H,28,30,31,32). The molecule has 0 aliphatic rings. The molecule has 4 aromatic rings. The Morgan fingerprint density at radius 1 is 0.970 bits per heavy atom. The van der Waals surface area contributed by atoms with Gasteiger partial charge in [-0.25, -0.2) is 15.0 Å². The number of hydrogen-bond donors (Lipinski definition) is 1. The van der Waals surface area contributed by atoms with Crippen LogP contribution in [0.15, 0.2) is 60.9 Å². The Bertz CT molecular complexity index is 1250. The van der Waals surface area contributed by atoms with Gasteiger partial charge in [0.2, 0.25) is 0 Å². The molecule has 0 radical (unpaired) electrons. The molecular weight excluding hydrogens is 431 g/mol. The zero-order valence-corrected chi connectivity index (χ0v) is 18.1. The lowest BCUT2D eigenvalue weighted by atomic mass is 10.1. The molecule has 4 rings (SSSR count). The third-order valence-corrected chi connectivity index (χ3v) is 4.71. The van der Waals surface area contributed by atoms with E-state index in [1.54, 1.807) is 18.3 Å². The third kappa shape index (κ3) is 5.43. The van der Waals surface area contributed by atoms with Crippen molar-refractivity contribution in [3.05, 3.63) is 72.2 Å². The van der Waals surface area contributed by atoms with Gasteiger partial charge in [-0.15, -0.1) is 0 Å². The second-order valence-electron chi connectivity index (χ2n) is 7.88. The molecule has 0 bridgehead atoms. The molecule has 0 fully saturated rings. The van der Waals surface area contributed by atoms with Crippen molar-refractivity contribution in [3.63, 3.8) is 0 Å². The maximum absolute atomic E-state index is 13.5. The van der Waals surface area contributed by atoms with Gasteiger partial charge in [-0.2, -0.15) is 13.2 Å². The first kappa shape index (κ1) is 22.6. The predicted octanol–water partition coefficient (Wildman–Crippen LogP) is 6.02. The van der Waals surface area contributed by atoms with E-state index in [2.05, 4.69) is 25.3 Å². The van der Waals surface area contributed by atoms with Gasteiger partial charge in [0.25, 0.3) is 0 Å². The Hall–Kier alpha value is -3.59. The maximum atomic E-state index is 13.5. The lowest BCUT2D eigenvalue weighted by molar-refractivity contribution is -0.137. The van der Waals surface area contributed by atoms with Crippen molar-refractivity contribution in [2.45, 2.75) is 26.6 Å². The number of nitrogens with one attached hydrogen (secondary N) is 1. The minimum absolute atomic E-state index is 0.0898. The fourth-order valence-corrected chi connectivity index (χ4v) is 3.28. The summed E-state index contributed by atoms with van der Waals surface area (Å²) in [6.07, 6.45) is -1.57. The van der Waals surface area contributed by atoms with Crippen molar-refractivity contribution >= 4 is 22.5 Å². The number of ether oxygens (including phenoxy) is 1. The second-order valence-corrected chi connectivity index (χ2v) is 7.88. The molecule has 4 aromatic heterocycles. The summed E-state index contributed by atoms with van der Waals surface area (Å²) in [7, 11) is 0. The number of halogens is 3. The summed E-state index contributed by atoms with van der Waals surface area (Å²) in [5, 5.41) is 3.88. The summed E-state index contributed by atoms with van der Waals surface area (Å²) in [6, 6.07) is 12.7. The van der Waals surface area contributed by atoms with Gasteiger partial charge in [0.1, 0.15) is 11.5 Å². The van der Waals surface area contributed by atoms with Crippen LogP contribution in [0, 0.1) is 5.92 Å². The summed E-state index contributed by atoms with van der Waals surface area (Å²) in [5.74, 6) is 0.971.